The van der Waals surface area contributed by atoms with Crippen LogP contribution in [0.1, 0.15) is 72.4 Å². The Balaban J connectivity index is 2.92. The van der Waals surface area contributed by atoms with Gasteiger partial charge in [-0.05, 0) is 55.6 Å². The van der Waals surface area contributed by atoms with Crippen LogP contribution in [0.4, 0.5) is 0 Å². The van der Waals surface area contributed by atoms with E-state index in [0.717, 1.165) is 52.2 Å². The Hall–Kier alpha value is -1.03. The highest BCUT2D eigenvalue weighted by molar-refractivity contribution is 7.73. The van der Waals surface area contributed by atoms with Crippen LogP contribution in [0, 0.1) is 0 Å². The smallest absolute Gasteiger partial charge is 0.188 e. The van der Waals surface area contributed by atoms with E-state index < -0.39 is 7.92 Å². The maximum absolute atomic E-state index is 6.73. The molecule has 0 unspecified atom stereocenters. The lowest BCUT2D eigenvalue weighted by molar-refractivity contribution is 0.0506. The van der Waals surface area contributed by atoms with Crippen molar-refractivity contribution in [2.75, 3.05) is 34.0 Å². The molecule has 0 atom stereocenters. The predicted octanol–water partition coefficient (Wildman–Crippen LogP) is 7.79. The number of methoxy groups -OCH3 is 2. The molecule has 0 N–H and O–H groups in total. The second-order valence-corrected chi connectivity index (χ2v) is 13.8. The molecule has 196 valence electrons. The Bertz CT molecular complexity index is 905. The van der Waals surface area contributed by atoms with E-state index in [1.54, 1.807) is 14.2 Å². The minimum atomic E-state index is -0.921. The van der Waals surface area contributed by atoms with E-state index in [9.17, 15) is 0 Å². The number of benzene rings is 2. The van der Waals surface area contributed by atoms with Crippen molar-refractivity contribution < 1.29 is 18.9 Å². The first-order chi connectivity index (χ1) is 16.3. The molecule has 0 aliphatic heterocycles. The summed E-state index contributed by atoms with van der Waals surface area (Å²) >= 11 is 13.5. The lowest BCUT2D eigenvalue weighted by Gasteiger charge is -2.31. The third kappa shape index (κ3) is 7.98. The van der Waals surface area contributed by atoms with E-state index in [2.05, 4.69) is 48.5 Å². The summed E-state index contributed by atoms with van der Waals surface area (Å²) in [5.41, 5.74) is 1.76. The van der Waals surface area contributed by atoms with E-state index in [0.29, 0.717) is 10.0 Å². The molecule has 2 aromatic rings. The van der Waals surface area contributed by atoms with Gasteiger partial charge in [-0.25, -0.2) is 0 Å². The molecular formula is C28H41Cl2O4P. The zero-order valence-electron chi connectivity index (χ0n) is 22.7. The molecule has 0 spiro atoms. The van der Waals surface area contributed by atoms with Gasteiger partial charge in [-0.1, -0.05) is 78.1 Å². The first-order valence-corrected chi connectivity index (χ1v) is 14.3. The van der Waals surface area contributed by atoms with E-state index in [4.69, 9.17) is 42.1 Å². The number of hydrogen-bond donors (Lipinski definition) is 0. The first kappa shape index (κ1) is 30.2. The number of rotatable bonds is 11. The molecule has 2 aromatic carbocycles. The van der Waals surface area contributed by atoms with Crippen LogP contribution in [0.25, 0.3) is 0 Å². The average Bonchev–Trinajstić information content (AvgIpc) is 2.76. The van der Waals surface area contributed by atoms with Crippen LogP contribution in [-0.2, 0) is 20.3 Å². The molecule has 0 radical (unpaired) electrons. The fraction of sp³-hybridized carbons (Fsp3) is 0.571. The molecular weight excluding hydrogens is 502 g/mol. The van der Waals surface area contributed by atoms with E-state index in [-0.39, 0.29) is 24.4 Å². The van der Waals surface area contributed by atoms with Crippen molar-refractivity contribution in [3.05, 3.63) is 45.4 Å². The van der Waals surface area contributed by atoms with E-state index in [1.165, 1.54) is 0 Å². The van der Waals surface area contributed by atoms with Crippen LogP contribution in [0.3, 0.4) is 0 Å². The normalized spacial score (nSPS) is 12.3. The fourth-order valence-corrected chi connectivity index (χ4v) is 7.31. The molecule has 0 saturated carbocycles. The van der Waals surface area contributed by atoms with Crippen molar-refractivity contribution in [2.45, 2.75) is 72.1 Å². The molecule has 0 aliphatic carbocycles. The van der Waals surface area contributed by atoms with Crippen LogP contribution >= 0.6 is 31.1 Å². The van der Waals surface area contributed by atoms with Gasteiger partial charge in [0.1, 0.15) is 11.5 Å². The van der Waals surface area contributed by atoms with Crippen LogP contribution in [0.5, 0.6) is 11.5 Å². The molecule has 2 rings (SSSR count). The SMILES string of the molecule is CCCCP(c1cc(Cl)cc(C(C)(C)C)c1OCOC)c1cc(Cl)cc(C(C)(C)C)c1OCOC. The summed E-state index contributed by atoms with van der Waals surface area (Å²) < 4.78 is 23.2. The standard InChI is InChI=1S/C28H41Cl2O4P/c1-10-11-12-35(23-15-19(29)13-21(27(2,3)4)25(23)33-17-31-8)24-16-20(30)14-22(28(5,6)7)26(24)34-18-32-9/h13-16H,10-12,17-18H2,1-9H3. The molecule has 0 aromatic heterocycles. The van der Waals surface area contributed by atoms with Gasteiger partial charge in [0.25, 0.3) is 0 Å². The summed E-state index contributed by atoms with van der Waals surface area (Å²) in [6.45, 7) is 15.5. The van der Waals surface area contributed by atoms with Crippen LogP contribution in [0.15, 0.2) is 24.3 Å². The Morgan fingerprint density at radius 2 is 1.11 bits per heavy atom. The molecule has 0 saturated heterocycles. The van der Waals surface area contributed by atoms with Gasteiger partial charge < -0.3 is 18.9 Å². The molecule has 0 aliphatic rings. The average molecular weight is 544 g/mol. The van der Waals surface area contributed by atoms with E-state index >= 15 is 0 Å². The lowest BCUT2D eigenvalue weighted by atomic mass is 9.86. The number of halogens is 2. The summed E-state index contributed by atoms with van der Waals surface area (Å²) in [6.07, 6.45) is 3.07. The van der Waals surface area contributed by atoms with Gasteiger partial charge in [0, 0.05) is 46.0 Å². The van der Waals surface area contributed by atoms with Crippen LogP contribution in [0.2, 0.25) is 10.0 Å². The molecule has 4 nitrogen and oxygen atoms in total. The quantitative estimate of drug-likeness (QED) is 0.214. The first-order valence-electron chi connectivity index (χ1n) is 12.0. The van der Waals surface area contributed by atoms with Crippen molar-refractivity contribution in [3.63, 3.8) is 0 Å². The molecule has 0 amide bonds. The summed E-state index contributed by atoms with van der Waals surface area (Å²) in [6, 6.07) is 8.09. The highest BCUT2D eigenvalue weighted by Gasteiger charge is 2.31. The minimum Gasteiger partial charge on any atom is -0.467 e. The Labute approximate surface area is 223 Å². The maximum atomic E-state index is 6.73. The van der Waals surface area contributed by atoms with Crippen molar-refractivity contribution in [3.8, 4) is 11.5 Å². The summed E-state index contributed by atoms with van der Waals surface area (Å²) in [5, 5.41) is 3.53. The minimum absolute atomic E-state index is 0.157. The molecule has 35 heavy (non-hydrogen) atoms. The highest BCUT2D eigenvalue weighted by atomic mass is 35.5. The lowest BCUT2D eigenvalue weighted by Crippen LogP contribution is -2.26. The molecule has 0 fully saturated rings. The summed E-state index contributed by atoms with van der Waals surface area (Å²) in [5.74, 6) is 1.67. The van der Waals surface area contributed by atoms with E-state index in [1.807, 2.05) is 24.3 Å². The number of unbranched alkanes of at least 4 members (excludes halogenated alkanes) is 1. The molecule has 0 bridgehead atoms. The Morgan fingerprint density at radius 3 is 1.43 bits per heavy atom. The number of hydrogen-bond acceptors (Lipinski definition) is 4. The van der Waals surface area contributed by atoms with Crippen molar-refractivity contribution in [1.82, 2.24) is 0 Å². The van der Waals surface area contributed by atoms with Crippen molar-refractivity contribution >= 4 is 41.7 Å². The van der Waals surface area contributed by atoms with Crippen molar-refractivity contribution in [1.29, 1.82) is 0 Å². The van der Waals surface area contributed by atoms with Gasteiger partial charge in [0.2, 0.25) is 0 Å². The zero-order chi connectivity index (χ0) is 26.4. The Morgan fingerprint density at radius 1 is 0.714 bits per heavy atom. The number of ether oxygens (including phenoxy) is 4. The predicted molar refractivity (Wildman–Crippen MR) is 151 cm³/mol. The molecule has 7 heteroatoms. The summed E-state index contributed by atoms with van der Waals surface area (Å²) in [4.78, 5) is 0. The second-order valence-electron chi connectivity index (χ2n) is 10.7. The van der Waals surface area contributed by atoms with Gasteiger partial charge >= 0.3 is 0 Å². The topological polar surface area (TPSA) is 36.9 Å². The third-order valence-corrected chi connectivity index (χ3v) is 8.67. The van der Waals surface area contributed by atoms with Crippen molar-refractivity contribution in [2.24, 2.45) is 0 Å². The fourth-order valence-electron chi connectivity index (χ4n) is 3.90. The molecule has 0 heterocycles. The van der Waals surface area contributed by atoms with Crippen LogP contribution < -0.4 is 20.1 Å². The van der Waals surface area contributed by atoms with Crippen LogP contribution in [-0.4, -0.2) is 34.0 Å². The third-order valence-electron chi connectivity index (χ3n) is 5.64. The van der Waals surface area contributed by atoms with Gasteiger partial charge in [-0.2, -0.15) is 0 Å². The highest BCUT2D eigenvalue weighted by Crippen LogP contribution is 2.47. The maximum Gasteiger partial charge on any atom is 0.188 e. The van der Waals surface area contributed by atoms with Gasteiger partial charge in [0.15, 0.2) is 13.6 Å². The largest absolute Gasteiger partial charge is 0.467 e. The summed E-state index contributed by atoms with van der Waals surface area (Å²) in [7, 11) is 2.35. The van der Waals surface area contributed by atoms with Gasteiger partial charge in [-0.3, -0.25) is 0 Å². The van der Waals surface area contributed by atoms with Gasteiger partial charge in [0.05, 0.1) is 0 Å². The monoisotopic (exact) mass is 542 g/mol. The zero-order valence-corrected chi connectivity index (χ0v) is 25.1. The second kappa shape index (κ2) is 13.0. The van der Waals surface area contributed by atoms with Gasteiger partial charge in [-0.15, -0.1) is 0 Å². The Kier molecular flexibility index (Phi) is 11.2.